The molecule has 0 atom stereocenters. The molecule has 100 valence electrons. The smallest absolute Gasteiger partial charge is 0.221 e. The van der Waals surface area contributed by atoms with Crippen LogP contribution < -0.4 is 5.73 Å². The molecule has 0 aliphatic heterocycles. The van der Waals surface area contributed by atoms with Gasteiger partial charge in [-0.2, -0.15) is 0 Å². The summed E-state index contributed by atoms with van der Waals surface area (Å²) in [5, 5.41) is 0.759. The molecule has 0 amide bonds. The number of nitrogens with zero attached hydrogens (tertiary/aromatic N) is 2. The van der Waals surface area contributed by atoms with E-state index in [-0.39, 0.29) is 5.95 Å². The minimum absolute atomic E-state index is 0.220. The van der Waals surface area contributed by atoms with Gasteiger partial charge in [0, 0.05) is 4.90 Å². The second-order valence-electron chi connectivity index (χ2n) is 3.94. The second-order valence-corrected chi connectivity index (χ2v) is 5.80. The van der Waals surface area contributed by atoms with Crippen LogP contribution in [0.5, 0.6) is 0 Å². The van der Waals surface area contributed by atoms with Crippen LogP contribution >= 0.6 is 27.7 Å². The van der Waals surface area contributed by atoms with Gasteiger partial charge in [0.2, 0.25) is 5.95 Å². The Morgan fingerprint density at radius 2 is 1.85 bits per heavy atom. The number of aromatic nitrogens is 2. The molecule has 2 aromatic heterocycles. The fourth-order valence-corrected chi connectivity index (χ4v) is 3.14. The summed E-state index contributed by atoms with van der Waals surface area (Å²) >= 11 is 5.05. The topological polar surface area (TPSA) is 64.9 Å². The lowest BCUT2D eigenvalue weighted by atomic mass is 10.3. The molecule has 3 aromatic rings. The first kappa shape index (κ1) is 13.2. The third kappa shape index (κ3) is 2.71. The number of benzene rings is 1. The van der Waals surface area contributed by atoms with Gasteiger partial charge in [-0.25, -0.2) is 9.97 Å². The highest BCUT2D eigenvalue weighted by Gasteiger charge is 2.15. The van der Waals surface area contributed by atoms with Crippen LogP contribution in [0, 0.1) is 0 Å². The summed E-state index contributed by atoms with van der Waals surface area (Å²) in [4.78, 5) is 9.59. The van der Waals surface area contributed by atoms with E-state index < -0.39 is 0 Å². The highest BCUT2D eigenvalue weighted by molar-refractivity contribution is 9.10. The molecule has 0 aliphatic rings. The van der Waals surface area contributed by atoms with E-state index in [4.69, 9.17) is 10.2 Å². The van der Waals surface area contributed by atoms with Gasteiger partial charge in [0.1, 0.15) is 10.7 Å². The van der Waals surface area contributed by atoms with Crippen molar-refractivity contribution in [3.8, 4) is 11.5 Å². The van der Waals surface area contributed by atoms with Gasteiger partial charge in [-0.05, 0) is 40.2 Å². The van der Waals surface area contributed by atoms with E-state index in [1.165, 1.54) is 11.8 Å². The summed E-state index contributed by atoms with van der Waals surface area (Å²) in [5.74, 6) is 0.874. The Bertz CT molecular complexity index is 717. The molecule has 0 aliphatic carbocycles. The number of nitrogens with two attached hydrogens (primary N) is 1. The Morgan fingerprint density at radius 3 is 2.55 bits per heavy atom. The molecule has 0 saturated carbocycles. The molecule has 0 fully saturated rings. The summed E-state index contributed by atoms with van der Waals surface area (Å²) in [7, 11) is 0. The van der Waals surface area contributed by atoms with Crippen LogP contribution in [0.2, 0.25) is 0 Å². The fourth-order valence-electron chi connectivity index (χ4n) is 1.69. The number of hydrogen-bond donors (Lipinski definition) is 1. The van der Waals surface area contributed by atoms with E-state index in [2.05, 4.69) is 25.9 Å². The third-order valence-corrected chi connectivity index (χ3v) is 4.56. The Hall–Kier alpha value is -1.79. The van der Waals surface area contributed by atoms with Crippen LogP contribution in [0.15, 0.2) is 67.5 Å². The molecule has 0 radical (unpaired) electrons. The lowest BCUT2D eigenvalue weighted by Gasteiger charge is -2.07. The van der Waals surface area contributed by atoms with Crippen molar-refractivity contribution in [3.05, 3.63) is 53.2 Å². The van der Waals surface area contributed by atoms with Gasteiger partial charge in [0.05, 0.1) is 10.7 Å². The molecule has 0 spiro atoms. The van der Waals surface area contributed by atoms with Crippen molar-refractivity contribution in [1.29, 1.82) is 0 Å². The fraction of sp³-hybridized carbons (Fsp3) is 0. The van der Waals surface area contributed by atoms with Gasteiger partial charge in [-0.3, -0.25) is 0 Å². The first-order chi connectivity index (χ1) is 9.74. The minimum atomic E-state index is 0.220. The zero-order valence-electron chi connectivity index (χ0n) is 10.3. The Balaban J connectivity index is 2.04. The molecule has 3 rings (SSSR count). The first-order valence-corrected chi connectivity index (χ1v) is 7.45. The van der Waals surface area contributed by atoms with Crippen molar-refractivity contribution in [2.24, 2.45) is 0 Å². The normalized spacial score (nSPS) is 10.7. The Kier molecular flexibility index (Phi) is 3.75. The summed E-state index contributed by atoms with van der Waals surface area (Å²) in [6.07, 6.45) is 1.60. The van der Waals surface area contributed by atoms with Crippen LogP contribution in [0.25, 0.3) is 11.5 Å². The Morgan fingerprint density at radius 1 is 1.05 bits per heavy atom. The monoisotopic (exact) mass is 347 g/mol. The SMILES string of the molecule is Nc1nc(Sc2ccccc2)c(Br)c(-c2ccco2)n1. The van der Waals surface area contributed by atoms with Gasteiger partial charge in [-0.15, -0.1) is 0 Å². The zero-order valence-corrected chi connectivity index (χ0v) is 12.7. The molecule has 6 heteroatoms. The highest BCUT2D eigenvalue weighted by atomic mass is 79.9. The minimum Gasteiger partial charge on any atom is -0.463 e. The van der Waals surface area contributed by atoms with Gasteiger partial charge in [-0.1, -0.05) is 30.0 Å². The van der Waals surface area contributed by atoms with Gasteiger partial charge < -0.3 is 10.2 Å². The second kappa shape index (κ2) is 5.68. The van der Waals surface area contributed by atoms with E-state index in [1.54, 1.807) is 6.26 Å². The molecule has 4 nitrogen and oxygen atoms in total. The number of anilines is 1. The van der Waals surface area contributed by atoms with E-state index >= 15 is 0 Å². The summed E-state index contributed by atoms with van der Waals surface area (Å²) in [5.41, 5.74) is 6.44. The summed E-state index contributed by atoms with van der Waals surface area (Å²) < 4.78 is 6.15. The van der Waals surface area contributed by atoms with Crippen molar-refractivity contribution in [1.82, 2.24) is 9.97 Å². The summed E-state index contributed by atoms with van der Waals surface area (Å²) in [6, 6.07) is 13.6. The van der Waals surface area contributed by atoms with Crippen molar-refractivity contribution >= 4 is 33.6 Å². The molecular formula is C14H10BrN3OS. The molecule has 0 bridgehead atoms. The highest BCUT2D eigenvalue weighted by Crippen LogP contribution is 2.37. The average Bonchev–Trinajstić information content (AvgIpc) is 2.97. The van der Waals surface area contributed by atoms with E-state index in [0.717, 1.165) is 14.4 Å². The molecule has 2 N–H and O–H groups in total. The quantitative estimate of drug-likeness (QED) is 0.718. The van der Waals surface area contributed by atoms with Gasteiger partial charge >= 0.3 is 0 Å². The average molecular weight is 348 g/mol. The molecule has 20 heavy (non-hydrogen) atoms. The van der Waals surface area contributed by atoms with Crippen LogP contribution in [0.3, 0.4) is 0 Å². The van der Waals surface area contributed by atoms with Crippen LogP contribution in [0.1, 0.15) is 0 Å². The van der Waals surface area contributed by atoms with Gasteiger partial charge in [0.15, 0.2) is 5.76 Å². The number of hydrogen-bond acceptors (Lipinski definition) is 5. The molecular weight excluding hydrogens is 338 g/mol. The predicted octanol–water partition coefficient (Wildman–Crippen LogP) is 4.23. The maximum absolute atomic E-state index is 5.79. The molecule has 2 heterocycles. The van der Waals surface area contributed by atoms with Crippen molar-refractivity contribution in [3.63, 3.8) is 0 Å². The number of halogens is 1. The van der Waals surface area contributed by atoms with Crippen LogP contribution in [-0.2, 0) is 0 Å². The number of nitrogen functional groups attached to an aromatic ring is 1. The Labute approximate surface area is 128 Å². The predicted molar refractivity (Wildman–Crippen MR) is 82.4 cm³/mol. The van der Waals surface area contributed by atoms with Crippen molar-refractivity contribution in [2.75, 3.05) is 5.73 Å². The summed E-state index contributed by atoms with van der Waals surface area (Å²) in [6.45, 7) is 0. The molecule has 0 saturated heterocycles. The van der Waals surface area contributed by atoms with Crippen LogP contribution in [0.4, 0.5) is 5.95 Å². The van der Waals surface area contributed by atoms with Gasteiger partial charge in [0.25, 0.3) is 0 Å². The van der Waals surface area contributed by atoms with Crippen molar-refractivity contribution in [2.45, 2.75) is 9.92 Å². The lowest BCUT2D eigenvalue weighted by molar-refractivity contribution is 0.579. The van der Waals surface area contributed by atoms with E-state index in [0.29, 0.717) is 11.5 Å². The lowest BCUT2D eigenvalue weighted by Crippen LogP contribution is -1.99. The third-order valence-electron chi connectivity index (χ3n) is 2.55. The van der Waals surface area contributed by atoms with Crippen molar-refractivity contribution < 1.29 is 4.42 Å². The molecule has 0 unspecified atom stereocenters. The standard InChI is InChI=1S/C14H10BrN3OS/c15-11-12(10-7-4-8-19-10)17-14(16)18-13(11)20-9-5-2-1-3-6-9/h1-8H,(H2,16,17,18). The van der Waals surface area contributed by atoms with Crippen LogP contribution in [-0.4, -0.2) is 9.97 Å². The zero-order chi connectivity index (χ0) is 13.9. The van der Waals surface area contributed by atoms with E-state index in [9.17, 15) is 0 Å². The first-order valence-electron chi connectivity index (χ1n) is 5.84. The maximum Gasteiger partial charge on any atom is 0.221 e. The molecule has 1 aromatic carbocycles. The maximum atomic E-state index is 5.79. The largest absolute Gasteiger partial charge is 0.463 e. The number of furan rings is 1. The van der Waals surface area contributed by atoms with E-state index in [1.807, 2.05) is 42.5 Å². The number of rotatable bonds is 3.